The number of amides is 1. The van der Waals surface area contributed by atoms with Crippen LogP contribution in [-0.4, -0.2) is 36.9 Å². The highest BCUT2D eigenvalue weighted by molar-refractivity contribution is 6.34. The van der Waals surface area contributed by atoms with Crippen molar-refractivity contribution in [2.45, 2.75) is 38.6 Å². The van der Waals surface area contributed by atoms with E-state index in [-0.39, 0.29) is 11.5 Å². The van der Waals surface area contributed by atoms with Gasteiger partial charge in [0.15, 0.2) is 5.65 Å². The van der Waals surface area contributed by atoms with Gasteiger partial charge in [0.1, 0.15) is 6.04 Å². The molecule has 0 aliphatic heterocycles. The highest BCUT2D eigenvalue weighted by atomic mass is 35.5. The van der Waals surface area contributed by atoms with Gasteiger partial charge in [-0.05, 0) is 51.0 Å². The highest BCUT2D eigenvalue weighted by Crippen LogP contribution is 2.38. The first-order valence-electron chi connectivity index (χ1n) is 11.1. The third-order valence-electron chi connectivity index (χ3n) is 5.70. The van der Waals surface area contributed by atoms with Crippen LogP contribution in [-0.2, 0) is 4.79 Å². The Balaban J connectivity index is 1.35. The number of benzene rings is 1. The van der Waals surface area contributed by atoms with Crippen LogP contribution in [0.3, 0.4) is 0 Å². The summed E-state index contributed by atoms with van der Waals surface area (Å²) in [5, 5.41) is 11.9. The van der Waals surface area contributed by atoms with E-state index in [9.17, 15) is 9.59 Å². The second kappa shape index (κ2) is 8.90. The number of hydrogen-bond donors (Lipinski definition) is 1. The summed E-state index contributed by atoms with van der Waals surface area (Å²) < 4.78 is 8.31. The molecule has 0 radical (unpaired) electrons. The lowest BCUT2D eigenvalue weighted by molar-refractivity contribution is -0.119. The first-order valence-corrected chi connectivity index (χ1v) is 11.5. The number of aromatic nitrogens is 5. The molecule has 1 fully saturated rings. The fourth-order valence-corrected chi connectivity index (χ4v) is 3.89. The van der Waals surface area contributed by atoms with E-state index in [2.05, 4.69) is 20.5 Å². The number of nitrogens with one attached hydrogen (secondary N) is 1. The fraction of sp³-hybridized carbons (Fsp3) is 0.292. The molecule has 9 nitrogen and oxygen atoms in total. The third-order valence-corrected chi connectivity index (χ3v) is 6.01. The lowest BCUT2D eigenvalue weighted by Gasteiger charge is -2.15. The highest BCUT2D eigenvalue weighted by Gasteiger charge is 2.27. The molecule has 0 bridgehead atoms. The number of anilines is 1. The van der Waals surface area contributed by atoms with Gasteiger partial charge in [-0.25, -0.2) is 14.2 Å². The van der Waals surface area contributed by atoms with E-state index in [1.165, 1.54) is 10.7 Å². The zero-order valence-electron chi connectivity index (χ0n) is 18.7. The number of ether oxygens (including phenoxy) is 1. The minimum atomic E-state index is -0.786. The van der Waals surface area contributed by atoms with Crippen LogP contribution in [0.25, 0.3) is 16.9 Å². The van der Waals surface area contributed by atoms with Gasteiger partial charge in [-0.1, -0.05) is 17.7 Å². The predicted molar refractivity (Wildman–Crippen MR) is 128 cm³/mol. The molecule has 0 saturated heterocycles. The van der Waals surface area contributed by atoms with Gasteiger partial charge < -0.3 is 10.1 Å². The van der Waals surface area contributed by atoms with E-state index < -0.39 is 6.04 Å². The molecule has 3 aromatic heterocycles. The molecule has 1 aliphatic rings. The van der Waals surface area contributed by atoms with Crippen LogP contribution >= 0.6 is 11.6 Å². The minimum absolute atomic E-state index is 0.318. The molecular weight excluding hydrogens is 456 g/mol. The second-order valence-electron chi connectivity index (χ2n) is 8.21. The van der Waals surface area contributed by atoms with Gasteiger partial charge in [-0.3, -0.25) is 9.59 Å². The van der Waals surface area contributed by atoms with Crippen molar-refractivity contribution in [2.24, 2.45) is 0 Å². The van der Waals surface area contributed by atoms with Crippen LogP contribution in [0, 0.1) is 0 Å². The molecule has 1 saturated carbocycles. The number of carbonyl (C=O) groups is 1. The van der Waals surface area contributed by atoms with E-state index in [0.29, 0.717) is 40.5 Å². The maximum atomic E-state index is 12.9. The molecule has 174 valence electrons. The Kier molecular flexibility index (Phi) is 5.79. The number of nitrogens with zero attached hydrogens (tertiary/aromatic N) is 5. The Labute approximate surface area is 200 Å². The summed E-state index contributed by atoms with van der Waals surface area (Å²) in [7, 11) is 0. The molecule has 1 unspecified atom stereocenters. The smallest absolute Gasteiger partial charge is 0.267 e. The molecule has 4 aromatic rings. The monoisotopic (exact) mass is 478 g/mol. The molecule has 1 N–H and O–H groups in total. The molecule has 1 atom stereocenters. The Hall–Kier alpha value is -3.72. The summed E-state index contributed by atoms with van der Waals surface area (Å²) in [6.07, 6.45) is 3.91. The van der Waals surface area contributed by atoms with E-state index >= 15 is 0 Å². The first kappa shape index (κ1) is 22.1. The molecule has 5 rings (SSSR count). The van der Waals surface area contributed by atoms with Crippen molar-refractivity contribution in [1.82, 2.24) is 24.4 Å². The van der Waals surface area contributed by atoms with Crippen LogP contribution in [0.15, 0.2) is 53.5 Å². The van der Waals surface area contributed by atoms with Crippen LogP contribution < -0.4 is 15.6 Å². The van der Waals surface area contributed by atoms with Gasteiger partial charge in [0.2, 0.25) is 11.8 Å². The van der Waals surface area contributed by atoms with Gasteiger partial charge in [0.25, 0.3) is 5.56 Å². The molecule has 34 heavy (non-hydrogen) atoms. The third kappa shape index (κ3) is 4.38. The van der Waals surface area contributed by atoms with E-state index in [1.54, 1.807) is 41.9 Å². The van der Waals surface area contributed by atoms with Crippen molar-refractivity contribution in [3.8, 4) is 17.1 Å². The lowest BCUT2D eigenvalue weighted by atomic mass is 10.1. The average molecular weight is 479 g/mol. The summed E-state index contributed by atoms with van der Waals surface area (Å²) in [4.78, 5) is 29.7. The summed E-state index contributed by atoms with van der Waals surface area (Å²) in [6.45, 7) is 4.06. The fourth-order valence-electron chi connectivity index (χ4n) is 3.67. The summed E-state index contributed by atoms with van der Waals surface area (Å²) in [5.74, 6) is 0.516. The van der Waals surface area contributed by atoms with Gasteiger partial charge in [-0.15, -0.1) is 5.10 Å². The van der Waals surface area contributed by atoms with Gasteiger partial charge >= 0.3 is 0 Å². The van der Waals surface area contributed by atoms with Crippen molar-refractivity contribution in [3.05, 3.63) is 69.7 Å². The van der Waals surface area contributed by atoms with Crippen LogP contribution in [0.4, 0.5) is 5.69 Å². The Morgan fingerprint density at radius 3 is 2.76 bits per heavy atom. The van der Waals surface area contributed by atoms with Crippen LogP contribution in [0.1, 0.15) is 44.3 Å². The Bertz CT molecular complexity index is 1440. The van der Waals surface area contributed by atoms with Crippen LogP contribution in [0.5, 0.6) is 5.88 Å². The Morgan fingerprint density at radius 1 is 1.21 bits per heavy atom. The maximum absolute atomic E-state index is 12.9. The van der Waals surface area contributed by atoms with Crippen LogP contribution in [0.2, 0.25) is 5.02 Å². The van der Waals surface area contributed by atoms with Gasteiger partial charge in [0, 0.05) is 23.6 Å². The number of imidazole rings is 1. The minimum Gasteiger partial charge on any atom is -0.477 e. The normalized spacial score (nSPS) is 14.2. The summed E-state index contributed by atoms with van der Waals surface area (Å²) >= 11 is 6.48. The topological polar surface area (TPSA) is 103 Å². The van der Waals surface area contributed by atoms with E-state index in [1.807, 2.05) is 19.1 Å². The largest absolute Gasteiger partial charge is 0.477 e. The maximum Gasteiger partial charge on any atom is 0.267 e. The van der Waals surface area contributed by atoms with Crippen molar-refractivity contribution in [1.29, 1.82) is 0 Å². The van der Waals surface area contributed by atoms with E-state index in [4.69, 9.17) is 16.3 Å². The SMILES string of the molecule is CCOc1ccc2nc(-c3ccc(NC(=O)C(C)n4nc(C5CC5)ccc4=O)c(Cl)c3)cn2n1. The molecule has 0 spiro atoms. The summed E-state index contributed by atoms with van der Waals surface area (Å²) in [5.41, 5.74) is 3.09. The molecule has 1 aromatic carbocycles. The number of carbonyl (C=O) groups excluding carboxylic acids is 1. The molecule has 1 amide bonds. The second-order valence-corrected chi connectivity index (χ2v) is 8.62. The van der Waals surface area contributed by atoms with Crippen molar-refractivity contribution < 1.29 is 9.53 Å². The Morgan fingerprint density at radius 2 is 2.03 bits per heavy atom. The number of fused-ring (bicyclic) bond motifs is 1. The molecule has 3 heterocycles. The zero-order chi connectivity index (χ0) is 23.8. The summed E-state index contributed by atoms with van der Waals surface area (Å²) in [6, 6.07) is 11.3. The molecule has 1 aliphatic carbocycles. The standard InChI is InChI=1S/C24H23ClN6O3/c1-3-34-22-10-9-21-26-20(13-30(21)29-22)16-6-7-19(17(25)12-16)27-24(33)14(2)31-23(32)11-8-18(28-31)15-4-5-15/h6-15H,3-5H2,1-2H3,(H,27,33). The quantitative estimate of drug-likeness (QED) is 0.429. The van der Waals surface area contributed by atoms with Gasteiger partial charge in [0.05, 0.1) is 34.9 Å². The molecule has 10 heteroatoms. The van der Waals surface area contributed by atoms with Crippen molar-refractivity contribution in [2.75, 3.05) is 11.9 Å². The van der Waals surface area contributed by atoms with E-state index in [0.717, 1.165) is 24.1 Å². The number of rotatable bonds is 7. The molecular formula is C24H23ClN6O3. The van der Waals surface area contributed by atoms with Gasteiger partial charge in [-0.2, -0.15) is 5.10 Å². The lowest BCUT2D eigenvalue weighted by Crippen LogP contribution is -2.33. The average Bonchev–Trinajstić information content (AvgIpc) is 3.59. The predicted octanol–water partition coefficient (Wildman–Crippen LogP) is 4.08. The zero-order valence-corrected chi connectivity index (χ0v) is 19.5. The first-order chi connectivity index (χ1) is 16.4. The number of halogens is 1. The van der Waals surface area contributed by atoms with Crippen molar-refractivity contribution >= 4 is 28.8 Å². The van der Waals surface area contributed by atoms with Crippen molar-refractivity contribution in [3.63, 3.8) is 0 Å². The number of hydrogen-bond acceptors (Lipinski definition) is 6.